The lowest BCUT2D eigenvalue weighted by Gasteiger charge is -1.90. The Labute approximate surface area is 86.8 Å². The molecule has 1 aromatic heterocycles. The lowest BCUT2D eigenvalue weighted by atomic mass is 10.1. The summed E-state index contributed by atoms with van der Waals surface area (Å²) in [6.07, 6.45) is 0. The van der Waals surface area contributed by atoms with Crippen molar-refractivity contribution in [1.82, 2.24) is 4.98 Å². The van der Waals surface area contributed by atoms with Crippen molar-refractivity contribution < 1.29 is 0 Å². The van der Waals surface area contributed by atoms with E-state index in [1.54, 1.807) is 0 Å². The van der Waals surface area contributed by atoms with Crippen LogP contribution in [0, 0.1) is 11.3 Å². The first-order valence-electron chi connectivity index (χ1n) is 4.79. The second-order valence-electron chi connectivity index (χ2n) is 3.54. The van der Waals surface area contributed by atoms with E-state index in [9.17, 15) is 0 Å². The molecule has 2 heteroatoms. The number of nitrogens with zero attached hydrogens (tertiary/aromatic N) is 1. The van der Waals surface area contributed by atoms with Gasteiger partial charge in [-0.05, 0) is 18.2 Å². The van der Waals surface area contributed by atoms with Gasteiger partial charge in [-0.1, -0.05) is 24.3 Å². The molecule has 0 bridgehead atoms. The summed E-state index contributed by atoms with van der Waals surface area (Å²) in [6, 6.07) is 16.0. The van der Waals surface area contributed by atoms with E-state index < -0.39 is 0 Å². The van der Waals surface area contributed by atoms with Crippen molar-refractivity contribution in [2.75, 3.05) is 0 Å². The van der Waals surface area contributed by atoms with Crippen LogP contribution in [0.4, 0.5) is 0 Å². The Bertz CT molecular complexity index is 686. The van der Waals surface area contributed by atoms with Gasteiger partial charge in [0, 0.05) is 21.8 Å². The summed E-state index contributed by atoms with van der Waals surface area (Å²) < 4.78 is 0. The molecule has 0 spiro atoms. The molecule has 0 atom stereocenters. The molecule has 0 saturated heterocycles. The zero-order valence-electron chi connectivity index (χ0n) is 7.99. The monoisotopic (exact) mass is 192 g/mol. The maximum atomic E-state index is 8.81. The van der Waals surface area contributed by atoms with Gasteiger partial charge in [0.05, 0.1) is 11.6 Å². The predicted molar refractivity (Wildman–Crippen MR) is 60.5 cm³/mol. The molecule has 1 N–H and O–H groups in total. The minimum atomic E-state index is 0.689. The minimum absolute atomic E-state index is 0.689. The van der Waals surface area contributed by atoms with Gasteiger partial charge in [-0.15, -0.1) is 0 Å². The highest BCUT2D eigenvalue weighted by Gasteiger charge is 2.03. The maximum Gasteiger partial charge on any atom is 0.0992 e. The van der Waals surface area contributed by atoms with E-state index in [0.717, 1.165) is 11.0 Å². The Kier molecular flexibility index (Phi) is 1.54. The van der Waals surface area contributed by atoms with Crippen molar-refractivity contribution in [3.63, 3.8) is 0 Å². The highest BCUT2D eigenvalue weighted by atomic mass is 14.7. The number of benzene rings is 2. The SMILES string of the molecule is N#Cc1ccc2c(c1)[nH]c1ccccc12. The molecule has 2 nitrogen and oxygen atoms in total. The van der Waals surface area contributed by atoms with Gasteiger partial charge in [0.2, 0.25) is 0 Å². The number of H-pyrrole nitrogens is 1. The van der Waals surface area contributed by atoms with Gasteiger partial charge in [-0.3, -0.25) is 0 Å². The van der Waals surface area contributed by atoms with Gasteiger partial charge in [-0.25, -0.2) is 0 Å². The van der Waals surface area contributed by atoms with E-state index in [0.29, 0.717) is 5.56 Å². The van der Waals surface area contributed by atoms with Gasteiger partial charge in [0.1, 0.15) is 0 Å². The average molecular weight is 192 g/mol. The molecule has 70 valence electrons. The molecule has 0 amide bonds. The van der Waals surface area contributed by atoms with Gasteiger partial charge >= 0.3 is 0 Å². The fourth-order valence-corrected chi connectivity index (χ4v) is 1.92. The number of para-hydroxylation sites is 1. The molecule has 0 saturated carbocycles. The Morgan fingerprint density at radius 3 is 2.60 bits per heavy atom. The van der Waals surface area contributed by atoms with Crippen LogP contribution in [0.3, 0.4) is 0 Å². The topological polar surface area (TPSA) is 39.6 Å². The largest absolute Gasteiger partial charge is 0.354 e. The molecular weight excluding hydrogens is 184 g/mol. The highest BCUT2D eigenvalue weighted by molar-refractivity contribution is 6.07. The smallest absolute Gasteiger partial charge is 0.0992 e. The van der Waals surface area contributed by atoms with E-state index in [2.05, 4.69) is 17.1 Å². The van der Waals surface area contributed by atoms with Crippen LogP contribution in [-0.2, 0) is 0 Å². The third-order valence-corrected chi connectivity index (χ3v) is 2.64. The van der Waals surface area contributed by atoms with Gasteiger partial charge in [0.25, 0.3) is 0 Å². The molecule has 1 heterocycles. The van der Waals surface area contributed by atoms with Crippen LogP contribution in [0.5, 0.6) is 0 Å². The number of fused-ring (bicyclic) bond motifs is 3. The summed E-state index contributed by atoms with van der Waals surface area (Å²) in [4.78, 5) is 3.30. The van der Waals surface area contributed by atoms with Crippen LogP contribution in [0.25, 0.3) is 21.8 Å². The van der Waals surface area contributed by atoms with Crippen molar-refractivity contribution in [2.24, 2.45) is 0 Å². The average Bonchev–Trinajstić information content (AvgIpc) is 2.66. The molecule has 0 unspecified atom stereocenters. The van der Waals surface area contributed by atoms with Crippen LogP contribution in [0.2, 0.25) is 0 Å². The van der Waals surface area contributed by atoms with Gasteiger partial charge < -0.3 is 4.98 Å². The van der Waals surface area contributed by atoms with Crippen molar-refractivity contribution in [3.05, 3.63) is 48.0 Å². The van der Waals surface area contributed by atoms with Crippen LogP contribution in [0.1, 0.15) is 5.56 Å². The molecule has 0 aliphatic carbocycles. The lowest BCUT2D eigenvalue weighted by Crippen LogP contribution is -1.72. The number of nitriles is 1. The molecule has 0 aliphatic heterocycles. The van der Waals surface area contributed by atoms with Gasteiger partial charge in [0.15, 0.2) is 0 Å². The summed E-state index contributed by atoms with van der Waals surface area (Å²) in [5, 5.41) is 11.2. The molecule has 0 aliphatic rings. The molecule has 3 rings (SSSR count). The third-order valence-electron chi connectivity index (χ3n) is 2.64. The van der Waals surface area contributed by atoms with Crippen molar-refractivity contribution in [3.8, 4) is 6.07 Å². The van der Waals surface area contributed by atoms with Gasteiger partial charge in [-0.2, -0.15) is 5.26 Å². The summed E-state index contributed by atoms with van der Waals surface area (Å²) in [7, 11) is 0. The first-order valence-corrected chi connectivity index (χ1v) is 4.79. The fourth-order valence-electron chi connectivity index (χ4n) is 1.92. The van der Waals surface area contributed by atoms with E-state index in [1.165, 1.54) is 10.8 Å². The molecule has 0 fully saturated rings. The Morgan fingerprint density at radius 2 is 1.73 bits per heavy atom. The van der Waals surface area contributed by atoms with Crippen LogP contribution < -0.4 is 0 Å². The zero-order valence-corrected chi connectivity index (χ0v) is 7.99. The maximum absolute atomic E-state index is 8.81. The molecule has 2 aromatic carbocycles. The highest BCUT2D eigenvalue weighted by Crippen LogP contribution is 2.25. The van der Waals surface area contributed by atoms with E-state index in [4.69, 9.17) is 5.26 Å². The fraction of sp³-hybridized carbons (Fsp3) is 0. The van der Waals surface area contributed by atoms with Crippen molar-refractivity contribution in [2.45, 2.75) is 0 Å². The van der Waals surface area contributed by atoms with Crippen molar-refractivity contribution >= 4 is 21.8 Å². The van der Waals surface area contributed by atoms with E-state index in [-0.39, 0.29) is 0 Å². The summed E-state index contributed by atoms with van der Waals surface area (Å²) >= 11 is 0. The quantitative estimate of drug-likeness (QED) is 0.583. The summed E-state index contributed by atoms with van der Waals surface area (Å²) in [5.41, 5.74) is 2.83. The minimum Gasteiger partial charge on any atom is -0.354 e. The number of rotatable bonds is 0. The predicted octanol–water partition coefficient (Wildman–Crippen LogP) is 3.19. The number of aromatic nitrogens is 1. The van der Waals surface area contributed by atoms with Crippen molar-refractivity contribution in [1.29, 1.82) is 5.26 Å². The molecule has 15 heavy (non-hydrogen) atoms. The standard InChI is InChI=1S/C13H8N2/c14-8-9-5-6-11-10-3-1-2-4-12(10)15-13(11)7-9/h1-7,15H. The third kappa shape index (κ3) is 1.10. The lowest BCUT2D eigenvalue weighted by molar-refractivity contribution is 1.48. The molecular formula is C13H8N2. The first-order chi connectivity index (χ1) is 7.38. The molecule has 3 aromatic rings. The zero-order chi connectivity index (χ0) is 10.3. The Hall–Kier alpha value is -2.27. The van der Waals surface area contributed by atoms with Crippen LogP contribution in [0.15, 0.2) is 42.5 Å². The van der Waals surface area contributed by atoms with Crippen LogP contribution in [-0.4, -0.2) is 4.98 Å². The van der Waals surface area contributed by atoms with E-state index in [1.807, 2.05) is 36.4 Å². The Balaban J connectivity index is 2.50. The normalized spacial score (nSPS) is 10.6. The Morgan fingerprint density at radius 1 is 0.933 bits per heavy atom. The summed E-state index contributed by atoms with van der Waals surface area (Å²) in [6.45, 7) is 0. The summed E-state index contributed by atoms with van der Waals surface area (Å²) in [5.74, 6) is 0. The second-order valence-corrected chi connectivity index (χ2v) is 3.54. The first kappa shape index (κ1) is 8.07. The van der Waals surface area contributed by atoms with Crippen LogP contribution >= 0.6 is 0 Å². The molecule has 0 radical (unpaired) electrons. The van der Waals surface area contributed by atoms with E-state index >= 15 is 0 Å². The number of aromatic amines is 1. The second kappa shape index (κ2) is 2.86. The number of hydrogen-bond donors (Lipinski definition) is 1. The number of hydrogen-bond acceptors (Lipinski definition) is 1. The number of nitrogens with one attached hydrogen (secondary N) is 1.